The highest BCUT2D eigenvalue weighted by Gasteiger charge is 2.14. The number of halogens is 7. The Labute approximate surface area is 433 Å². The molecule has 0 aliphatic heterocycles. The molecule has 3 heterocycles. The zero-order valence-corrected chi connectivity index (χ0v) is 43.0. The van der Waals surface area contributed by atoms with Crippen LogP contribution in [-0.4, -0.2) is 74.3 Å². The van der Waals surface area contributed by atoms with E-state index in [4.69, 9.17) is 73.8 Å². The summed E-state index contributed by atoms with van der Waals surface area (Å²) in [5.74, 6) is -0.232. The van der Waals surface area contributed by atoms with E-state index in [1.165, 1.54) is 38.7 Å². The normalized spacial score (nSPS) is 10.0. The largest absolute Gasteiger partial charge is 0.324 e. The first-order valence-corrected chi connectivity index (χ1v) is 22.9. The van der Waals surface area contributed by atoms with E-state index in [-0.39, 0.29) is 17.7 Å². The van der Waals surface area contributed by atoms with E-state index in [0.717, 1.165) is 27.6 Å². The maximum Gasteiger partial charge on any atom is 0.278 e. The van der Waals surface area contributed by atoms with Crippen molar-refractivity contribution in [1.82, 2.24) is 24.6 Å². The molecule has 11 nitrogen and oxygen atoms in total. The topological polar surface area (TPSA) is 152 Å². The number of nitrogens with zero attached hydrogens (tertiary/aromatic N) is 5. The number of benzene rings is 4. The lowest BCUT2D eigenvalue weighted by atomic mass is 10.0. The average molecular weight is 1060 g/mol. The highest BCUT2D eigenvalue weighted by molar-refractivity contribution is 6.68. The number of hydrogen-bond acceptors (Lipinski definition) is 10. The molecule has 1 atom stereocenters. The lowest BCUT2D eigenvalue weighted by molar-refractivity contribution is -0.0756. The van der Waals surface area contributed by atoms with E-state index in [2.05, 4.69) is 38.3 Å². The molecular formula is C50H51Cl7N6O5. The minimum Gasteiger partial charge on any atom is -0.324 e. The van der Waals surface area contributed by atoms with E-state index in [9.17, 15) is 14.4 Å². The number of aromatic nitrogens is 3. The first kappa shape index (κ1) is 61.0. The molecule has 18 heteroatoms. The second-order valence-corrected chi connectivity index (χ2v) is 15.8. The summed E-state index contributed by atoms with van der Waals surface area (Å²) in [6.45, 7) is 2.04. The standard InChI is InChI=1S/C13H13ClN2.C13H10ClNO.C9H10ClNO2.C7H4Cl2O.C6H7N.CH4ClNO.CH3Cl/c14-12-4-2-1-3-11(12)13(15)9-10-5-7-16-8-6-10;14-12-4-2-1-3-11(12)13(16)9-10-5-7-15-8-6-10;1-11(13-2)9(12)7-5-3-4-6-8(7)10;8-6-4-2-1-3-5(6)7(9)10;1-6-2-4-7-5-3-6;1-3(2)4;1-2/h1-8,13H,9,15H2;1-8H,9H2;3-6H,1-2H3;1-4H;2-5H,1H3;4H,1H3;1H3. The summed E-state index contributed by atoms with van der Waals surface area (Å²) in [5.41, 5.74) is 11.8. The van der Waals surface area contributed by atoms with Crippen LogP contribution in [-0.2, 0) is 17.7 Å². The molecule has 3 N–H and O–H groups in total. The molecule has 4 aromatic carbocycles. The summed E-state index contributed by atoms with van der Waals surface area (Å²) >= 11 is 38.0. The van der Waals surface area contributed by atoms with Crippen molar-refractivity contribution in [3.63, 3.8) is 0 Å². The monoisotopic (exact) mass is 1060 g/mol. The molecule has 3 aromatic heterocycles. The highest BCUT2D eigenvalue weighted by Crippen LogP contribution is 2.24. The van der Waals surface area contributed by atoms with Crippen molar-refractivity contribution in [3.05, 3.63) is 230 Å². The maximum atomic E-state index is 11.9. The molecule has 7 rings (SSSR count). The number of aryl methyl sites for hydroxylation is 1. The molecule has 1 unspecified atom stereocenters. The van der Waals surface area contributed by atoms with Crippen LogP contribution in [0.5, 0.6) is 0 Å². The first-order valence-electron chi connectivity index (χ1n) is 19.9. The number of amides is 1. The molecule has 68 heavy (non-hydrogen) atoms. The highest BCUT2D eigenvalue weighted by atomic mass is 35.5. The second-order valence-electron chi connectivity index (χ2n) is 13.3. The molecule has 360 valence electrons. The van der Waals surface area contributed by atoms with Gasteiger partial charge in [0.1, 0.15) is 0 Å². The lowest BCUT2D eigenvalue weighted by Gasteiger charge is -2.13. The van der Waals surface area contributed by atoms with Gasteiger partial charge in [0.25, 0.3) is 11.1 Å². The van der Waals surface area contributed by atoms with Gasteiger partial charge in [0.2, 0.25) is 0 Å². The fraction of sp³-hybridized carbons (Fsp3) is 0.160. The van der Waals surface area contributed by atoms with Crippen molar-refractivity contribution >= 4 is 98.3 Å². The van der Waals surface area contributed by atoms with Crippen LogP contribution in [0.4, 0.5) is 0 Å². The Bertz CT molecular complexity index is 2490. The molecule has 0 spiro atoms. The van der Waals surface area contributed by atoms with Gasteiger partial charge in [-0.3, -0.25) is 39.4 Å². The Hall–Kier alpha value is -4.99. The third-order valence-electron chi connectivity index (χ3n) is 8.39. The van der Waals surface area contributed by atoms with E-state index >= 15 is 0 Å². The van der Waals surface area contributed by atoms with Gasteiger partial charge in [-0.15, -0.1) is 16.2 Å². The van der Waals surface area contributed by atoms with Crippen molar-refractivity contribution in [2.75, 3.05) is 27.6 Å². The van der Waals surface area contributed by atoms with Gasteiger partial charge in [-0.2, -0.15) is 0 Å². The van der Waals surface area contributed by atoms with E-state index < -0.39 is 5.24 Å². The van der Waals surface area contributed by atoms with Crippen molar-refractivity contribution < 1.29 is 24.4 Å². The molecule has 0 radical (unpaired) electrons. The minimum atomic E-state index is -0.523. The van der Waals surface area contributed by atoms with E-state index in [0.29, 0.717) is 42.8 Å². The Morgan fingerprint density at radius 3 is 1.34 bits per heavy atom. The number of ketones is 1. The summed E-state index contributed by atoms with van der Waals surface area (Å²) in [6, 6.07) is 39.7. The van der Waals surface area contributed by atoms with E-state index in [1.54, 1.807) is 97.8 Å². The molecular weight excluding hydrogens is 1010 g/mol. The Balaban J connectivity index is 0.000000421. The van der Waals surface area contributed by atoms with Gasteiger partial charge in [0, 0.05) is 92.5 Å². The molecule has 1 amide bonds. The number of hydroxylamine groups is 3. The summed E-state index contributed by atoms with van der Waals surface area (Å²) in [4.78, 5) is 50.5. The number of rotatable bonds is 9. The number of carbonyl (C=O) groups is 3. The van der Waals surface area contributed by atoms with Gasteiger partial charge in [-0.05, 0) is 126 Å². The van der Waals surface area contributed by atoms with Crippen molar-refractivity contribution in [3.8, 4) is 0 Å². The number of hydrogen-bond donors (Lipinski definition) is 2. The van der Waals surface area contributed by atoms with Gasteiger partial charge in [0.15, 0.2) is 5.78 Å². The third-order valence-corrected chi connectivity index (χ3v) is 9.93. The summed E-state index contributed by atoms with van der Waals surface area (Å²) in [6.07, 6.45) is 13.1. The SMILES string of the molecule is CCl.CN(O)Cl.CON(C)C(=O)c1ccccc1Cl.Cc1ccncc1.NC(Cc1ccncc1)c1ccccc1Cl.O=C(Cc1ccncc1)c1ccccc1Cl.O=C(Cl)c1ccccc1Cl. The summed E-state index contributed by atoms with van der Waals surface area (Å²) < 4.78 is 0.472. The number of alkyl halides is 1. The van der Waals surface area contributed by atoms with Crippen molar-refractivity contribution in [1.29, 1.82) is 0 Å². The minimum absolute atomic E-state index is 0.0248. The number of pyridine rings is 3. The van der Waals surface area contributed by atoms with Gasteiger partial charge >= 0.3 is 0 Å². The van der Waals surface area contributed by atoms with Crippen LogP contribution < -0.4 is 5.73 Å². The smallest absolute Gasteiger partial charge is 0.278 e. The maximum absolute atomic E-state index is 11.9. The predicted octanol–water partition coefficient (Wildman–Crippen LogP) is 13.5. The Kier molecular flexibility index (Phi) is 32.4. The van der Waals surface area contributed by atoms with Crippen LogP contribution in [0.15, 0.2) is 171 Å². The summed E-state index contributed by atoms with van der Waals surface area (Å²) in [5, 5.41) is 10.3. The number of nitrogens with two attached hydrogens (primary N) is 1. The van der Waals surface area contributed by atoms with Crippen LogP contribution in [0.3, 0.4) is 0 Å². The van der Waals surface area contributed by atoms with E-state index in [1.807, 2.05) is 79.7 Å². The van der Waals surface area contributed by atoms with Gasteiger partial charge in [0.05, 0.1) is 33.3 Å². The molecule has 0 aliphatic rings. The third kappa shape index (κ3) is 25.4. The average Bonchev–Trinajstić information content (AvgIpc) is 3.34. The fourth-order valence-electron chi connectivity index (χ4n) is 5.06. The predicted molar refractivity (Wildman–Crippen MR) is 278 cm³/mol. The molecule has 0 fully saturated rings. The van der Waals surface area contributed by atoms with Crippen LogP contribution in [0.1, 0.15) is 59.4 Å². The quantitative estimate of drug-likeness (QED) is 0.0470. The molecule has 0 saturated heterocycles. The fourth-order valence-corrected chi connectivity index (χ4v) is 6.23. The van der Waals surface area contributed by atoms with Crippen LogP contribution in [0.25, 0.3) is 0 Å². The van der Waals surface area contributed by atoms with Gasteiger partial charge in [-0.25, -0.2) is 5.06 Å². The molecule has 0 bridgehead atoms. The second kappa shape index (κ2) is 36.1. The Morgan fingerprint density at radius 1 is 0.603 bits per heavy atom. The van der Waals surface area contributed by atoms with Crippen LogP contribution in [0, 0.1) is 6.92 Å². The van der Waals surface area contributed by atoms with Crippen molar-refractivity contribution in [2.45, 2.75) is 25.8 Å². The van der Waals surface area contributed by atoms with Crippen molar-refractivity contribution in [2.24, 2.45) is 5.73 Å². The number of carbonyl (C=O) groups excluding carboxylic acids is 3. The van der Waals surface area contributed by atoms with Gasteiger partial charge in [-0.1, -0.05) is 101 Å². The summed E-state index contributed by atoms with van der Waals surface area (Å²) in [7, 11) is 4.28. The van der Waals surface area contributed by atoms with Gasteiger partial charge < -0.3 is 5.73 Å². The molecule has 0 aliphatic carbocycles. The number of Topliss-reactive ketones (excluding diaryl/α,β-unsaturated/α-hetero) is 1. The van der Waals surface area contributed by atoms with Crippen LogP contribution >= 0.6 is 81.4 Å². The molecule has 0 saturated carbocycles. The Morgan fingerprint density at radius 2 is 0.971 bits per heavy atom. The zero-order chi connectivity index (χ0) is 50.9. The van der Waals surface area contributed by atoms with Crippen LogP contribution in [0.2, 0.25) is 20.1 Å². The first-order chi connectivity index (χ1) is 32.5. The lowest BCUT2D eigenvalue weighted by Crippen LogP contribution is -2.25. The zero-order valence-electron chi connectivity index (χ0n) is 37.7. The molecule has 7 aromatic rings.